The molecule has 1 heterocycles. The molecule has 0 aromatic heterocycles. The molecule has 2 N–H and O–H groups in total. The number of imide groups is 1. The van der Waals surface area contributed by atoms with E-state index in [0.717, 1.165) is 29.8 Å². The Kier molecular flexibility index (Phi) is 5.22. The van der Waals surface area contributed by atoms with Gasteiger partial charge in [0.25, 0.3) is 11.8 Å². The van der Waals surface area contributed by atoms with Crippen molar-refractivity contribution in [1.29, 1.82) is 0 Å². The summed E-state index contributed by atoms with van der Waals surface area (Å²) in [5.74, 6) is -1.19. The van der Waals surface area contributed by atoms with Crippen molar-refractivity contribution < 1.29 is 18.8 Å². The van der Waals surface area contributed by atoms with Crippen molar-refractivity contribution in [2.75, 3.05) is 13.6 Å². The Morgan fingerprint density at radius 1 is 1.31 bits per heavy atom. The Morgan fingerprint density at radius 2 is 2.04 bits per heavy atom. The zero-order valence-electron chi connectivity index (χ0n) is 14.8. The monoisotopic (exact) mass is 362 g/mol. The number of hydrogen-bond donors (Lipinski definition) is 2. The van der Waals surface area contributed by atoms with Gasteiger partial charge in [-0.15, -0.1) is 0 Å². The first-order chi connectivity index (χ1) is 12.4. The number of halogens is 1. The SMILES string of the molecule is CN(CC(=O)NN1C(=O)NC2(CCCCC2)C1=O)Cc1cccc(F)c1. The van der Waals surface area contributed by atoms with Gasteiger partial charge in [0, 0.05) is 6.54 Å². The van der Waals surface area contributed by atoms with Crippen LogP contribution in [0.2, 0.25) is 0 Å². The van der Waals surface area contributed by atoms with Gasteiger partial charge in [-0.1, -0.05) is 31.4 Å². The summed E-state index contributed by atoms with van der Waals surface area (Å²) in [7, 11) is 1.71. The van der Waals surface area contributed by atoms with E-state index in [2.05, 4.69) is 10.7 Å². The number of hydrazine groups is 1. The van der Waals surface area contributed by atoms with Crippen LogP contribution in [0.25, 0.3) is 0 Å². The minimum absolute atomic E-state index is 0.0272. The summed E-state index contributed by atoms with van der Waals surface area (Å²) < 4.78 is 13.2. The summed E-state index contributed by atoms with van der Waals surface area (Å²) in [6.07, 6.45) is 4.00. The highest BCUT2D eigenvalue weighted by Gasteiger charge is 2.52. The van der Waals surface area contributed by atoms with Crippen molar-refractivity contribution in [1.82, 2.24) is 20.7 Å². The lowest BCUT2D eigenvalue weighted by molar-refractivity contribution is -0.140. The van der Waals surface area contributed by atoms with E-state index in [1.54, 1.807) is 24.1 Å². The first-order valence-corrected chi connectivity index (χ1v) is 8.79. The predicted octanol–water partition coefficient (Wildman–Crippen LogP) is 1.54. The highest BCUT2D eigenvalue weighted by Crippen LogP contribution is 2.32. The number of carbonyl (C=O) groups is 3. The van der Waals surface area contributed by atoms with Crippen LogP contribution in [0.1, 0.15) is 37.7 Å². The molecule has 1 aromatic rings. The Labute approximate surface area is 151 Å². The van der Waals surface area contributed by atoms with Gasteiger partial charge in [-0.05, 0) is 37.6 Å². The van der Waals surface area contributed by atoms with E-state index >= 15 is 0 Å². The van der Waals surface area contributed by atoms with Crippen LogP contribution in [0.15, 0.2) is 24.3 Å². The molecule has 1 spiro atoms. The molecular weight excluding hydrogens is 339 g/mol. The smallest absolute Gasteiger partial charge is 0.322 e. The normalized spacial score (nSPS) is 19.1. The molecule has 26 heavy (non-hydrogen) atoms. The molecule has 1 saturated carbocycles. The van der Waals surface area contributed by atoms with Crippen LogP contribution >= 0.6 is 0 Å². The van der Waals surface area contributed by atoms with Gasteiger partial charge in [0.1, 0.15) is 11.4 Å². The maximum atomic E-state index is 13.2. The molecule has 4 amide bonds. The highest BCUT2D eigenvalue weighted by atomic mass is 19.1. The van der Waals surface area contributed by atoms with Crippen LogP contribution in [0.5, 0.6) is 0 Å². The largest absolute Gasteiger partial charge is 0.344 e. The minimum atomic E-state index is -0.865. The molecule has 3 rings (SSSR count). The van der Waals surface area contributed by atoms with E-state index in [1.165, 1.54) is 12.1 Å². The first kappa shape index (κ1) is 18.3. The summed E-state index contributed by atoms with van der Waals surface area (Å²) >= 11 is 0. The molecule has 1 aliphatic heterocycles. The fourth-order valence-electron chi connectivity index (χ4n) is 3.62. The summed E-state index contributed by atoms with van der Waals surface area (Å²) in [4.78, 5) is 38.7. The fraction of sp³-hybridized carbons (Fsp3) is 0.500. The van der Waals surface area contributed by atoms with Gasteiger partial charge >= 0.3 is 6.03 Å². The molecule has 2 fully saturated rings. The third kappa shape index (κ3) is 3.85. The van der Waals surface area contributed by atoms with E-state index in [0.29, 0.717) is 19.4 Å². The lowest BCUT2D eigenvalue weighted by Crippen LogP contribution is -2.52. The molecule has 1 aliphatic carbocycles. The van der Waals surface area contributed by atoms with Crippen molar-refractivity contribution >= 4 is 17.8 Å². The van der Waals surface area contributed by atoms with Gasteiger partial charge in [-0.2, -0.15) is 5.01 Å². The number of urea groups is 1. The third-order valence-corrected chi connectivity index (χ3v) is 4.86. The lowest BCUT2D eigenvalue weighted by Gasteiger charge is -2.30. The molecule has 2 aliphatic rings. The Bertz CT molecular complexity index is 718. The highest BCUT2D eigenvalue weighted by molar-refractivity contribution is 6.08. The third-order valence-electron chi connectivity index (χ3n) is 4.86. The maximum absolute atomic E-state index is 13.2. The van der Waals surface area contributed by atoms with Gasteiger partial charge in [0.05, 0.1) is 6.54 Å². The molecule has 140 valence electrons. The van der Waals surface area contributed by atoms with Crippen LogP contribution in [0.3, 0.4) is 0 Å². The number of nitrogens with one attached hydrogen (secondary N) is 2. The van der Waals surface area contributed by atoms with Crippen LogP contribution < -0.4 is 10.7 Å². The van der Waals surface area contributed by atoms with E-state index in [9.17, 15) is 18.8 Å². The maximum Gasteiger partial charge on any atom is 0.344 e. The van der Waals surface area contributed by atoms with E-state index in [4.69, 9.17) is 0 Å². The zero-order valence-corrected chi connectivity index (χ0v) is 14.8. The van der Waals surface area contributed by atoms with E-state index in [1.807, 2.05) is 0 Å². The second-order valence-corrected chi connectivity index (χ2v) is 7.05. The van der Waals surface area contributed by atoms with Crippen LogP contribution in [0.4, 0.5) is 9.18 Å². The number of amides is 4. The standard InChI is InChI=1S/C18H23FN4O3/c1-22(11-13-6-5-7-14(19)10-13)12-15(24)21-23-16(25)18(20-17(23)26)8-3-2-4-9-18/h5-7,10H,2-4,8-9,11-12H2,1H3,(H,20,26)(H,21,24). The van der Waals surface area contributed by atoms with E-state index < -0.39 is 17.5 Å². The lowest BCUT2D eigenvalue weighted by atomic mass is 9.82. The average molecular weight is 362 g/mol. The van der Waals surface area contributed by atoms with Gasteiger partial charge < -0.3 is 5.32 Å². The summed E-state index contributed by atoms with van der Waals surface area (Å²) in [5.41, 5.74) is 2.26. The zero-order chi connectivity index (χ0) is 18.7. The number of benzene rings is 1. The number of rotatable bonds is 5. The van der Waals surface area contributed by atoms with Crippen LogP contribution in [0, 0.1) is 5.82 Å². The molecule has 0 bridgehead atoms. The first-order valence-electron chi connectivity index (χ1n) is 8.79. The van der Waals surface area contributed by atoms with Gasteiger partial charge in [0.2, 0.25) is 0 Å². The number of carbonyl (C=O) groups excluding carboxylic acids is 3. The predicted molar refractivity (Wildman–Crippen MR) is 92.1 cm³/mol. The molecule has 0 atom stereocenters. The number of hydrogen-bond acceptors (Lipinski definition) is 4. The van der Waals surface area contributed by atoms with Crippen molar-refractivity contribution in [2.45, 2.75) is 44.2 Å². The summed E-state index contributed by atoms with van der Waals surface area (Å²) in [6.45, 7) is 0.343. The van der Waals surface area contributed by atoms with Gasteiger partial charge in [-0.3, -0.25) is 19.9 Å². The minimum Gasteiger partial charge on any atom is -0.322 e. The molecule has 7 nitrogen and oxygen atoms in total. The quantitative estimate of drug-likeness (QED) is 0.779. The number of nitrogens with zero attached hydrogens (tertiary/aromatic N) is 2. The molecule has 8 heteroatoms. The molecule has 1 saturated heterocycles. The molecule has 0 radical (unpaired) electrons. The van der Waals surface area contributed by atoms with E-state index in [-0.39, 0.29) is 18.3 Å². The van der Waals surface area contributed by atoms with Crippen molar-refractivity contribution in [3.05, 3.63) is 35.6 Å². The second kappa shape index (κ2) is 7.41. The summed E-state index contributed by atoms with van der Waals surface area (Å²) in [6, 6.07) is 5.54. The van der Waals surface area contributed by atoms with Gasteiger partial charge in [0.15, 0.2) is 0 Å². The van der Waals surface area contributed by atoms with Crippen LogP contribution in [-0.4, -0.2) is 46.9 Å². The number of likely N-dealkylation sites (N-methyl/N-ethyl adjacent to an activating group) is 1. The fourth-order valence-corrected chi connectivity index (χ4v) is 3.62. The average Bonchev–Trinajstić information content (AvgIpc) is 2.79. The Morgan fingerprint density at radius 3 is 2.73 bits per heavy atom. The van der Waals surface area contributed by atoms with Crippen molar-refractivity contribution in [3.8, 4) is 0 Å². The second-order valence-electron chi connectivity index (χ2n) is 7.05. The molecular formula is C18H23FN4O3. The molecule has 0 unspecified atom stereocenters. The van der Waals surface area contributed by atoms with Gasteiger partial charge in [-0.25, -0.2) is 9.18 Å². The summed E-state index contributed by atoms with van der Waals surface area (Å²) in [5, 5.41) is 3.54. The van der Waals surface area contributed by atoms with Crippen molar-refractivity contribution in [2.24, 2.45) is 0 Å². The Hall–Kier alpha value is -2.48. The Balaban J connectivity index is 1.56. The van der Waals surface area contributed by atoms with Crippen molar-refractivity contribution in [3.63, 3.8) is 0 Å². The topological polar surface area (TPSA) is 81.8 Å². The van der Waals surface area contributed by atoms with Crippen LogP contribution in [-0.2, 0) is 16.1 Å². The molecule has 1 aromatic carbocycles.